The summed E-state index contributed by atoms with van der Waals surface area (Å²) in [5.74, 6) is 0.0677. The van der Waals surface area contributed by atoms with Gasteiger partial charge in [0.05, 0.1) is 6.10 Å². The van der Waals surface area contributed by atoms with Gasteiger partial charge in [0.1, 0.15) is 5.82 Å². The standard InChI is InChI=1S/C15H22BrFO/c1-3-5-11(6-4-2)15(18)10-12-9-13(17)7-8-14(12)16/h7-9,11,15,18H,3-6,10H2,1-2H3. The molecule has 0 saturated heterocycles. The van der Waals surface area contributed by atoms with Crippen molar-refractivity contribution in [3.63, 3.8) is 0 Å². The lowest BCUT2D eigenvalue weighted by Gasteiger charge is -2.22. The van der Waals surface area contributed by atoms with Gasteiger partial charge in [-0.1, -0.05) is 42.6 Å². The van der Waals surface area contributed by atoms with Crippen molar-refractivity contribution < 1.29 is 9.50 Å². The average Bonchev–Trinajstić information content (AvgIpc) is 2.33. The lowest BCUT2D eigenvalue weighted by Crippen LogP contribution is -2.23. The lowest BCUT2D eigenvalue weighted by atomic mass is 9.89. The lowest BCUT2D eigenvalue weighted by molar-refractivity contribution is 0.0961. The Bertz CT molecular complexity index is 362. The molecule has 0 bridgehead atoms. The van der Waals surface area contributed by atoms with Gasteiger partial charge in [0.2, 0.25) is 0 Å². The monoisotopic (exact) mass is 316 g/mol. The summed E-state index contributed by atoms with van der Waals surface area (Å²) in [4.78, 5) is 0. The van der Waals surface area contributed by atoms with E-state index in [0.29, 0.717) is 12.3 Å². The molecule has 0 aliphatic heterocycles. The molecule has 0 radical (unpaired) electrons. The van der Waals surface area contributed by atoms with E-state index >= 15 is 0 Å². The number of aliphatic hydroxyl groups excluding tert-OH is 1. The Hall–Kier alpha value is -0.410. The Kier molecular flexibility index (Phi) is 6.87. The number of hydrogen-bond donors (Lipinski definition) is 1. The molecule has 0 aromatic heterocycles. The first-order chi connectivity index (χ1) is 8.58. The van der Waals surface area contributed by atoms with E-state index in [4.69, 9.17) is 0 Å². The van der Waals surface area contributed by atoms with Crippen LogP contribution >= 0.6 is 15.9 Å². The fourth-order valence-corrected chi connectivity index (χ4v) is 2.77. The minimum absolute atomic E-state index is 0.247. The van der Waals surface area contributed by atoms with E-state index < -0.39 is 0 Å². The zero-order valence-electron chi connectivity index (χ0n) is 11.1. The van der Waals surface area contributed by atoms with E-state index in [2.05, 4.69) is 29.8 Å². The van der Waals surface area contributed by atoms with Gasteiger partial charge >= 0.3 is 0 Å². The van der Waals surface area contributed by atoms with Crippen LogP contribution in [0.1, 0.15) is 45.1 Å². The van der Waals surface area contributed by atoms with Gasteiger partial charge < -0.3 is 5.11 Å². The second-order valence-electron chi connectivity index (χ2n) is 4.84. The van der Waals surface area contributed by atoms with E-state index in [-0.39, 0.29) is 11.9 Å². The molecule has 0 amide bonds. The van der Waals surface area contributed by atoms with Gasteiger partial charge in [0.25, 0.3) is 0 Å². The van der Waals surface area contributed by atoms with Crippen molar-refractivity contribution in [2.24, 2.45) is 5.92 Å². The number of hydrogen-bond acceptors (Lipinski definition) is 1. The van der Waals surface area contributed by atoms with Gasteiger partial charge in [0, 0.05) is 4.47 Å². The van der Waals surface area contributed by atoms with Crippen molar-refractivity contribution in [3.05, 3.63) is 34.1 Å². The smallest absolute Gasteiger partial charge is 0.123 e. The summed E-state index contributed by atoms with van der Waals surface area (Å²) >= 11 is 3.41. The highest BCUT2D eigenvalue weighted by Gasteiger charge is 2.19. The first-order valence-corrected chi connectivity index (χ1v) is 7.49. The molecule has 1 rings (SSSR count). The average molecular weight is 317 g/mol. The molecule has 0 aliphatic rings. The summed E-state index contributed by atoms with van der Waals surface area (Å²) in [6.45, 7) is 4.26. The highest BCUT2D eigenvalue weighted by atomic mass is 79.9. The van der Waals surface area contributed by atoms with E-state index in [9.17, 15) is 9.50 Å². The topological polar surface area (TPSA) is 20.2 Å². The van der Waals surface area contributed by atoms with Crippen LogP contribution in [0.2, 0.25) is 0 Å². The van der Waals surface area contributed by atoms with Crippen LogP contribution in [0.5, 0.6) is 0 Å². The fraction of sp³-hybridized carbons (Fsp3) is 0.600. The van der Waals surface area contributed by atoms with E-state index in [1.807, 2.05) is 0 Å². The Balaban J connectivity index is 2.71. The molecule has 1 unspecified atom stereocenters. The molecule has 0 fully saturated rings. The molecule has 102 valence electrons. The number of rotatable bonds is 7. The molecule has 0 spiro atoms. The summed E-state index contributed by atoms with van der Waals surface area (Å²) < 4.78 is 14.1. The SMILES string of the molecule is CCCC(CCC)C(O)Cc1cc(F)ccc1Br. The summed E-state index contributed by atoms with van der Waals surface area (Å²) in [6, 6.07) is 4.63. The van der Waals surface area contributed by atoms with Crippen molar-refractivity contribution >= 4 is 15.9 Å². The van der Waals surface area contributed by atoms with Crippen molar-refractivity contribution in [2.75, 3.05) is 0 Å². The van der Waals surface area contributed by atoms with E-state index in [0.717, 1.165) is 35.7 Å². The van der Waals surface area contributed by atoms with Crippen molar-refractivity contribution in [2.45, 2.75) is 52.1 Å². The van der Waals surface area contributed by atoms with E-state index in [1.54, 1.807) is 6.07 Å². The van der Waals surface area contributed by atoms with E-state index in [1.165, 1.54) is 12.1 Å². The second-order valence-corrected chi connectivity index (χ2v) is 5.70. The van der Waals surface area contributed by atoms with Gasteiger partial charge in [-0.2, -0.15) is 0 Å². The second kappa shape index (κ2) is 7.90. The Morgan fingerprint density at radius 1 is 1.22 bits per heavy atom. The molecule has 1 atom stereocenters. The van der Waals surface area contributed by atoms with Crippen LogP contribution in [-0.2, 0) is 6.42 Å². The van der Waals surface area contributed by atoms with Gasteiger partial charge in [-0.15, -0.1) is 0 Å². The highest BCUT2D eigenvalue weighted by molar-refractivity contribution is 9.10. The molecule has 3 heteroatoms. The molecule has 0 heterocycles. The molecular formula is C15H22BrFO. The third kappa shape index (κ3) is 4.69. The maximum absolute atomic E-state index is 13.2. The molecule has 0 saturated carbocycles. The zero-order chi connectivity index (χ0) is 13.5. The number of benzene rings is 1. The molecule has 0 aliphatic carbocycles. The zero-order valence-corrected chi connectivity index (χ0v) is 12.7. The number of aliphatic hydroxyl groups is 1. The molecule has 1 aromatic carbocycles. The van der Waals surface area contributed by atoms with Gasteiger partial charge in [0.15, 0.2) is 0 Å². The van der Waals surface area contributed by atoms with Crippen LogP contribution in [0.3, 0.4) is 0 Å². The Morgan fingerprint density at radius 3 is 2.39 bits per heavy atom. The Morgan fingerprint density at radius 2 is 1.83 bits per heavy atom. The maximum atomic E-state index is 13.2. The van der Waals surface area contributed by atoms with Crippen molar-refractivity contribution in [1.82, 2.24) is 0 Å². The largest absolute Gasteiger partial charge is 0.392 e. The van der Waals surface area contributed by atoms with Crippen LogP contribution in [0.4, 0.5) is 4.39 Å². The van der Waals surface area contributed by atoms with Crippen LogP contribution in [0.15, 0.2) is 22.7 Å². The molecule has 1 N–H and O–H groups in total. The normalized spacial score (nSPS) is 13.0. The number of halogens is 2. The van der Waals surface area contributed by atoms with Gasteiger partial charge in [-0.3, -0.25) is 0 Å². The minimum Gasteiger partial charge on any atom is -0.392 e. The third-order valence-corrected chi connectivity index (χ3v) is 4.07. The van der Waals surface area contributed by atoms with Crippen LogP contribution in [0.25, 0.3) is 0 Å². The fourth-order valence-electron chi connectivity index (χ4n) is 2.36. The molecule has 18 heavy (non-hydrogen) atoms. The minimum atomic E-state index is -0.386. The van der Waals surface area contributed by atoms with Gasteiger partial charge in [-0.25, -0.2) is 4.39 Å². The van der Waals surface area contributed by atoms with Crippen LogP contribution < -0.4 is 0 Å². The quantitative estimate of drug-likeness (QED) is 0.772. The molecule has 1 aromatic rings. The summed E-state index contributed by atoms with van der Waals surface area (Å²) in [5, 5.41) is 10.3. The van der Waals surface area contributed by atoms with Crippen LogP contribution in [-0.4, -0.2) is 11.2 Å². The van der Waals surface area contributed by atoms with Crippen LogP contribution in [0, 0.1) is 11.7 Å². The van der Waals surface area contributed by atoms with Crippen molar-refractivity contribution in [1.29, 1.82) is 0 Å². The predicted octanol–water partition coefficient (Wildman–Crippen LogP) is 4.71. The van der Waals surface area contributed by atoms with Gasteiger partial charge in [-0.05, 0) is 48.9 Å². The summed E-state index contributed by atoms with van der Waals surface area (Å²) in [6.07, 6.45) is 4.34. The highest BCUT2D eigenvalue weighted by Crippen LogP contribution is 2.25. The maximum Gasteiger partial charge on any atom is 0.123 e. The predicted molar refractivity (Wildman–Crippen MR) is 77.1 cm³/mol. The summed E-state index contributed by atoms with van der Waals surface area (Å²) in [5.41, 5.74) is 0.847. The Labute approximate surface area is 118 Å². The first-order valence-electron chi connectivity index (χ1n) is 6.70. The summed E-state index contributed by atoms with van der Waals surface area (Å²) in [7, 11) is 0. The first kappa shape index (κ1) is 15.6. The van der Waals surface area contributed by atoms with Crippen molar-refractivity contribution in [3.8, 4) is 0 Å². The molecular weight excluding hydrogens is 295 g/mol. The third-order valence-electron chi connectivity index (χ3n) is 3.30. The molecule has 1 nitrogen and oxygen atoms in total.